The topological polar surface area (TPSA) is 136 Å². The van der Waals surface area contributed by atoms with Crippen LogP contribution < -0.4 is 5.32 Å². The molecule has 1 aliphatic rings. The maximum atomic E-state index is 12.9. The number of aromatic nitrogens is 1. The van der Waals surface area contributed by atoms with E-state index in [2.05, 4.69) is 12.2 Å². The molecule has 1 fully saturated rings. The number of nitrogens with zero attached hydrogens (tertiary/aromatic N) is 2. The maximum Gasteiger partial charge on any atom is 0.303 e. The molecule has 0 radical (unpaired) electrons. The normalized spacial score (nSPS) is 14.3. The van der Waals surface area contributed by atoms with Crippen LogP contribution in [-0.4, -0.2) is 48.6 Å². The van der Waals surface area contributed by atoms with Gasteiger partial charge in [-0.25, -0.2) is 9.29 Å². The minimum absolute atomic E-state index is 0.0696. The van der Waals surface area contributed by atoms with E-state index in [0.29, 0.717) is 47.4 Å². The number of carbonyl (C=O) groups excluding carboxylic acids is 1. The Morgan fingerprint density at radius 1 is 1.22 bits per heavy atom. The molecule has 2 heterocycles. The van der Waals surface area contributed by atoms with E-state index in [1.165, 1.54) is 9.87 Å². The van der Waals surface area contributed by atoms with E-state index in [0.717, 1.165) is 30.4 Å². The zero-order valence-corrected chi connectivity index (χ0v) is 21.9. The number of aryl methyl sites for hydroxylation is 1. The summed E-state index contributed by atoms with van der Waals surface area (Å²) in [5.41, 5.74) is 4.22. The maximum absolute atomic E-state index is 12.9. The van der Waals surface area contributed by atoms with E-state index in [4.69, 9.17) is 14.5 Å². The summed E-state index contributed by atoms with van der Waals surface area (Å²) >= 11 is -2.46. The van der Waals surface area contributed by atoms with E-state index in [1.807, 2.05) is 30.3 Å². The first-order chi connectivity index (χ1) is 17.8. The Bertz CT molecular complexity index is 1300. The number of carbonyl (C=O) groups is 2. The minimum atomic E-state index is -2.46. The summed E-state index contributed by atoms with van der Waals surface area (Å²) in [5.74, 6) is -0.422. The van der Waals surface area contributed by atoms with Gasteiger partial charge in [0, 0.05) is 36.8 Å². The number of hydrogen-bond acceptors (Lipinski definition) is 6. The molecule has 0 aliphatic heterocycles. The van der Waals surface area contributed by atoms with Crippen LogP contribution in [-0.2, 0) is 29.0 Å². The van der Waals surface area contributed by atoms with E-state index in [1.54, 1.807) is 7.05 Å². The number of carboxylic acids is 1. The lowest BCUT2D eigenvalue weighted by Gasteiger charge is -2.24. The van der Waals surface area contributed by atoms with Crippen molar-refractivity contribution < 1.29 is 27.9 Å². The Kier molecular flexibility index (Phi) is 8.73. The van der Waals surface area contributed by atoms with Crippen LogP contribution >= 0.6 is 0 Å². The third-order valence-corrected chi connectivity index (χ3v) is 7.46. The fourth-order valence-electron chi connectivity index (χ4n) is 4.51. The fourth-order valence-corrected chi connectivity index (χ4v) is 5.02. The molecule has 1 atom stereocenters. The van der Waals surface area contributed by atoms with Crippen molar-refractivity contribution in [3.63, 3.8) is 0 Å². The smallest absolute Gasteiger partial charge is 0.303 e. The van der Waals surface area contributed by atoms with Crippen LogP contribution in [0.1, 0.15) is 78.5 Å². The molecule has 1 saturated carbocycles. The molecule has 198 valence electrons. The number of furan rings is 1. The van der Waals surface area contributed by atoms with Gasteiger partial charge in [0.25, 0.3) is 5.91 Å². The molecule has 2 N–H and O–H groups in total. The number of pyridine rings is 1. The first-order valence-electron chi connectivity index (χ1n) is 12.7. The number of hydrogen-bond donors (Lipinski definition) is 2. The summed E-state index contributed by atoms with van der Waals surface area (Å²) in [5, 5.41) is 12.1. The number of aliphatic carboxylic acids is 1. The van der Waals surface area contributed by atoms with Gasteiger partial charge in [-0.1, -0.05) is 37.6 Å². The van der Waals surface area contributed by atoms with E-state index in [-0.39, 0.29) is 31.3 Å². The van der Waals surface area contributed by atoms with Gasteiger partial charge in [-0.3, -0.25) is 13.8 Å². The van der Waals surface area contributed by atoms with E-state index >= 15 is 0 Å². The van der Waals surface area contributed by atoms with Crippen LogP contribution in [0, 0.1) is 0 Å². The second kappa shape index (κ2) is 12.0. The second-order valence-corrected chi connectivity index (χ2v) is 10.3. The first-order valence-corrected chi connectivity index (χ1v) is 13.7. The highest BCUT2D eigenvalue weighted by Gasteiger charge is 2.31. The third-order valence-electron chi connectivity index (χ3n) is 6.73. The van der Waals surface area contributed by atoms with Crippen molar-refractivity contribution in [2.75, 3.05) is 13.6 Å². The zero-order valence-electron chi connectivity index (χ0n) is 21.1. The predicted octanol–water partition coefficient (Wildman–Crippen LogP) is 4.54. The summed E-state index contributed by atoms with van der Waals surface area (Å²) in [6, 6.07) is 9.80. The van der Waals surface area contributed by atoms with Crippen molar-refractivity contribution in [2.24, 2.45) is 0 Å². The summed E-state index contributed by atoms with van der Waals surface area (Å²) in [6.07, 6.45) is 4.61. The Hall–Kier alpha value is -3.08. The fraction of sp³-hybridized carbons (Fsp3) is 0.444. The van der Waals surface area contributed by atoms with Crippen LogP contribution in [0.4, 0.5) is 0 Å². The standard InChI is InChI=1S/C27H33N3O6S/c1-3-17-8-10-19(11-9-17)25-24(26(33)28-2)21-15-20(18-12-13-18)22(29-27(21)36-25)16-30(37(34)35)14-6-4-5-7-23(31)32/h8-11,15,18H,3-7,12-14,16H2,1-2H3,(H,28,33)(H,31,32)(H,34,35)/p-1. The molecule has 1 unspecified atom stereocenters. The van der Waals surface area contributed by atoms with E-state index < -0.39 is 17.2 Å². The number of fused-ring (bicyclic) bond motifs is 1. The molecule has 10 heteroatoms. The lowest BCUT2D eigenvalue weighted by Crippen LogP contribution is -2.27. The number of rotatable bonds is 13. The number of benzene rings is 1. The number of unbranched alkanes of at least 4 members (excludes halogenated alkanes) is 2. The third kappa shape index (κ3) is 6.44. The SMILES string of the molecule is CCc1ccc(-c2oc3nc(CN(CCCCCC(=O)O)S(=O)[O-])c(C4CC4)cc3c2C(=O)NC)cc1. The second-order valence-electron chi connectivity index (χ2n) is 9.37. The van der Waals surface area contributed by atoms with Crippen molar-refractivity contribution in [1.82, 2.24) is 14.6 Å². The van der Waals surface area contributed by atoms with Gasteiger partial charge in [0.2, 0.25) is 5.71 Å². The molecule has 0 bridgehead atoms. The van der Waals surface area contributed by atoms with Crippen molar-refractivity contribution in [1.29, 1.82) is 0 Å². The molecular weight excluding hydrogens is 494 g/mol. The lowest BCUT2D eigenvalue weighted by atomic mass is 10.0. The van der Waals surface area contributed by atoms with Gasteiger partial charge >= 0.3 is 5.97 Å². The summed E-state index contributed by atoms with van der Waals surface area (Å²) in [4.78, 5) is 28.4. The summed E-state index contributed by atoms with van der Waals surface area (Å²) in [7, 11) is 1.58. The summed E-state index contributed by atoms with van der Waals surface area (Å²) in [6.45, 7) is 2.44. The van der Waals surface area contributed by atoms with Gasteiger partial charge in [0.05, 0.1) is 23.2 Å². The molecule has 1 aromatic carbocycles. The average Bonchev–Trinajstić information content (AvgIpc) is 3.67. The van der Waals surface area contributed by atoms with Crippen molar-refractivity contribution >= 4 is 34.2 Å². The number of nitrogens with one attached hydrogen (secondary N) is 1. The minimum Gasteiger partial charge on any atom is -0.760 e. The Labute approximate surface area is 218 Å². The monoisotopic (exact) mass is 526 g/mol. The Morgan fingerprint density at radius 2 is 1.95 bits per heavy atom. The largest absolute Gasteiger partial charge is 0.760 e. The van der Waals surface area contributed by atoms with Gasteiger partial charge < -0.3 is 19.4 Å². The quantitative estimate of drug-likeness (QED) is 0.247. The Morgan fingerprint density at radius 3 is 2.54 bits per heavy atom. The molecular formula is C27H32N3O6S-. The highest BCUT2D eigenvalue weighted by atomic mass is 32.2. The van der Waals surface area contributed by atoms with Crippen molar-refractivity contribution in [3.05, 3.63) is 52.7 Å². The Balaban J connectivity index is 1.69. The molecule has 1 aliphatic carbocycles. The van der Waals surface area contributed by atoms with Crippen LogP contribution in [0.2, 0.25) is 0 Å². The van der Waals surface area contributed by atoms with Crippen molar-refractivity contribution in [2.45, 2.75) is 64.3 Å². The van der Waals surface area contributed by atoms with Crippen LogP contribution in [0.15, 0.2) is 34.7 Å². The molecule has 0 spiro atoms. The molecule has 9 nitrogen and oxygen atoms in total. The highest BCUT2D eigenvalue weighted by Crippen LogP contribution is 2.44. The van der Waals surface area contributed by atoms with Crippen LogP contribution in [0.3, 0.4) is 0 Å². The highest BCUT2D eigenvalue weighted by molar-refractivity contribution is 7.76. The first kappa shape index (κ1) is 27.0. The zero-order chi connectivity index (χ0) is 26.5. The summed E-state index contributed by atoms with van der Waals surface area (Å²) < 4.78 is 31.4. The van der Waals surface area contributed by atoms with Crippen LogP contribution in [0.25, 0.3) is 22.4 Å². The molecule has 3 aromatic rings. The lowest BCUT2D eigenvalue weighted by molar-refractivity contribution is -0.137. The van der Waals surface area contributed by atoms with Gasteiger partial charge in [0.15, 0.2) is 0 Å². The number of amides is 1. The molecule has 1 amide bonds. The predicted molar refractivity (Wildman–Crippen MR) is 140 cm³/mol. The van der Waals surface area contributed by atoms with Gasteiger partial charge in [-0.2, -0.15) is 0 Å². The van der Waals surface area contributed by atoms with Gasteiger partial charge in [-0.15, -0.1) is 0 Å². The molecule has 2 aromatic heterocycles. The molecule has 0 saturated heterocycles. The van der Waals surface area contributed by atoms with Crippen LogP contribution in [0.5, 0.6) is 0 Å². The molecule has 4 rings (SSSR count). The number of carboxylic acid groups (broad SMARTS) is 1. The van der Waals surface area contributed by atoms with Gasteiger partial charge in [0.1, 0.15) is 5.76 Å². The van der Waals surface area contributed by atoms with Crippen molar-refractivity contribution in [3.8, 4) is 11.3 Å². The van der Waals surface area contributed by atoms with E-state index in [9.17, 15) is 18.4 Å². The van der Waals surface area contributed by atoms with Gasteiger partial charge in [-0.05, 0) is 55.2 Å². The average molecular weight is 527 g/mol. The molecule has 37 heavy (non-hydrogen) atoms.